The normalized spacial score (nSPS) is 22.4. The summed E-state index contributed by atoms with van der Waals surface area (Å²) in [4.78, 5) is 57.4. The highest BCUT2D eigenvalue weighted by atomic mass is 19.1. The molecule has 4 amide bonds. The number of amides is 4. The van der Waals surface area contributed by atoms with Crippen molar-refractivity contribution < 1.29 is 23.9 Å². The molecule has 3 atom stereocenters. The van der Waals surface area contributed by atoms with Crippen molar-refractivity contribution in [1.29, 1.82) is 0 Å². The van der Waals surface area contributed by atoms with Gasteiger partial charge in [0.15, 0.2) is 0 Å². The van der Waals surface area contributed by atoms with Crippen LogP contribution in [0.25, 0.3) is 0 Å². The van der Waals surface area contributed by atoms with Crippen LogP contribution in [0.1, 0.15) is 29.8 Å². The van der Waals surface area contributed by atoms with Gasteiger partial charge in [-0.05, 0) is 30.3 Å². The van der Waals surface area contributed by atoms with E-state index in [0.29, 0.717) is 11.7 Å². The third-order valence-electron chi connectivity index (χ3n) is 10.8. The molecule has 1 aromatic heterocycles. The highest BCUT2D eigenvalue weighted by Gasteiger charge is 2.54. The monoisotopic (exact) mass is 725 g/mol. The van der Waals surface area contributed by atoms with Crippen molar-refractivity contribution in [3.8, 4) is 0 Å². The van der Waals surface area contributed by atoms with Gasteiger partial charge in [-0.3, -0.25) is 14.5 Å². The summed E-state index contributed by atoms with van der Waals surface area (Å²) in [5, 5.41) is 17.7. The molecule has 3 aromatic rings. The van der Waals surface area contributed by atoms with E-state index >= 15 is 4.39 Å². The number of carbonyl (C=O) groups excluding carboxylic acids is 3. The number of carbonyl (C=O) groups is 3. The Hall–Kier alpha value is -4.89. The number of hydrogen-bond donors (Lipinski definition) is 2. The second kappa shape index (κ2) is 16.0. The first-order valence-electron chi connectivity index (χ1n) is 18.4. The van der Waals surface area contributed by atoms with Crippen molar-refractivity contribution in [3.05, 3.63) is 108 Å². The number of urea groups is 1. The summed E-state index contributed by atoms with van der Waals surface area (Å²) < 4.78 is 15.2. The van der Waals surface area contributed by atoms with E-state index in [-0.39, 0.29) is 38.3 Å². The minimum absolute atomic E-state index is 0.0566. The van der Waals surface area contributed by atoms with Gasteiger partial charge in [0, 0.05) is 64.0 Å². The number of nitrogens with one attached hydrogen (secondary N) is 1. The number of hydrogen-bond acceptors (Lipinski definition) is 9. The lowest BCUT2D eigenvalue weighted by molar-refractivity contribution is -0.196. The number of pyridine rings is 1. The Morgan fingerprint density at radius 3 is 2.45 bits per heavy atom. The first-order valence-corrected chi connectivity index (χ1v) is 18.4. The zero-order valence-corrected chi connectivity index (χ0v) is 30.1. The molecule has 0 bridgehead atoms. The molecule has 4 aliphatic heterocycles. The Morgan fingerprint density at radius 1 is 1.00 bits per heavy atom. The van der Waals surface area contributed by atoms with E-state index in [4.69, 9.17) is 4.98 Å². The number of rotatable bonds is 11. The third kappa shape index (κ3) is 7.63. The van der Waals surface area contributed by atoms with Gasteiger partial charge in [0.1, 0.15) is 29.9 Å². The van der Waals surface area contributed by atoms with Gasteiger partial charge in [0.05, 0.1) is 25.3 Å². The van der Waals surface area contributed by atoms with Gasteiger partial charge in [-0.2, -0.15) is 0 Å². The molecule has 0 saturated carbocycles. The number of fused-ring (bicyclic) bond motifs is 1. The van der Waals surface area contributed by atoms with E-state index in [1.54, 1.807) is 17.2 Å². The molecule has 4 aliphatic rings. The molecular formula is C39H48FN9O4. The first-order chi connectivity index (χ1) is 25.7. The highest BCUT2D eigenvalue weighted by molar-refractivity contribution is 5.92. The number of anilines is 1. The molecule has 53 heavy (non-hydrogen) atoms. The zero-order valence-electron chi connectivity index (χ0n) is 30.1. The van der Waals surface area contributed by atoms with Crippen molar-refractivity contribution in [3.63, 3.8) is 0 Å². The largest absolute Gasteiger partial charge is 0.386 e. The first kappa shape index (κ1) is 36.5. The minimum Gasteiger partial charge on any atom is -0.386 e. The molecule has 4 saturated heterocycles. The lowest BCUT2D eigenvalue weighted by Gasteiger charge is -2.55. The Balaban J connectivity index is 1.15. The van der Waals surface area contributed by atoms with Gasteiger partial charge in [0.2, 0.25) is 11.8 Å². The van der Waals surface area contributed by atoms with Gasteiger partial charge in [-0.1, -0.05) is 67.6 Å². The number of aliphatic hydroxyl groups excluding tert-OH is 1. The fourth-order valence-electron chi connectivity index (χ4n) is 7.86. The van der Waals surface area contributed by atoms with Crippen LogP contribution >= 0.6 is 0 Å². The summed E-state index contributed by atoms with van der Waals surface area (Å²) in [6, 6.07) is 19.3. The predicted molar refractivity (Wildman–Crippen MR) is 197 cm³/mol. The topological polar surface area (TPSA) is 119 Å². The second-order valence-electron chi connectivity index (χ2n) is 14.1. The number of nitrogens with zero attached hydrogens (tertiary/aromatic N) is 8. The van der Waals surface area contributed by atoms with Gasteiger partial charge in [-0.25, -0.2) is 24.2 Å². The average molecular weight is 726 g/mol. The highest BCUT2D eigenvalue weighted by Crippen LogP contribution is 2.34. The van der Waals surface area contributed by atoms with Crippen molar-refractivity contribution in [2.75, 3.05) is 70.3 Å². The molecule has 0 spiro atoms. The van der Waals surface area contributed by atoms with Gasteiger partial charge < -0.3 is 30.0 Å². The van der Waals surface area contributed by atoms with Crippen LogP contribution < -0.4 is 10.2 Å². The van der Waals surface area contributed by atoms with E-state index in [2.05, 4.69) is 33.5 Å². The van der Waals surface area contributed by atoms with Crippen molar-refractivity contribution in [2.24, 2.45) is 0 Å². The summed E-state index contributed by atoms with van der Waals surface area (Å²) in [6.45, 7) is 13.3. The van der Waals surface area contributed by atoms with Crippen LogP contribution in [0, 0.1) is 5.82 Å². The lowest BCUT2D eigenvalue weighted by atomic mass is 9.95. The summed E-state index contributed by atoms with van der Waals surface area (Å²) >= 11 is 0. The van der Waals surface area contributed by atoms with Crippen molar-refractivity contribution in [2.45, 2.75) is 44.4 Å². The van der Waals surface area contributed by atoms with E-state index in [1.807, 2.05) is 48.5 Å². The Bertz CT molecular complexity index is 1790. The van der Waals surface area contributed by atoms with E-state index in [1.165, 1.54) is 33.0 Å². The standard InChI is InChI=1S/C39H48FN9O4/c1-3-17-47-27-35(50)48-34(49(47)39(53)41-22-28-11-6-5-7-12-28)26-46(38(52)36(48)37(51)31-14-8-9-15-32(31)40)23-29-13-10-16-33(42-29)45-24-30(25-45)44-20-18-43(4-2)19-21-44/h3,5-16,30,34,36-37,51H,1,4,17-27H2,2H3,(H,41,53)/t34-,36-,37?/m0/s1. The number of likely N-dealkylation sites (N-methyl/N-ethyl adjacent to an activating group) is 1. The third-order valence-corrected chi connectivity index (χ3v) is 10.8. The van der Waals surface area contributed by atoms with E-state index < -0.39 is 42.0 Å². The number of benzene rings is 2. The molecule has 1 unspecified atom stereocenters. The number of halogens is 1. The molecule has 0 aliphatic carbocycles. The molecule has 0 radical (unpaired) electrons. The molecule has 14 heteroatoms. The summed E-state index contributed by atoms with van der Waals surface area (Å²) in [5.74, 6) is -0.923. The minimum atomic E-state index is -1.70. The van der Waals surface area contributed by atoms with Crippen LogP contribution in [-0.4, -0.2) is 141 Å². The van der Waals surface area contributed by atoms with E-state index in [0.717, 1.165) is 57.2 Å². The zero-order chi connectivity index (χ0) is 37.1. The number of aromatic nitrogens is 1. The molecule has 2 N–H and O–H groups in total. The Morgan fingerprint density at radius 2 is 1.74 bits per heavy atom. The second-order valence-corrected chi connectivity index (χ2v) is 14.1. The summed E-state index contributed by atoms with van der Waals surface area (Å²) in [7, 11) is 0. The molecule has 280 valence electrons. The number of hydrazine groups is 1. The van der Waals surface area contributed by atoms with Crippen LogP contribution in [0.3, 0.4) is 0 Å². The van der Waals surface area contributed by atoms with Gasteiger partial charge in [0.25, 0.3) is 0 Å². The van der Waals surface area contributed by atoms with Crippen LogP contribution in [0.4, 0.5) is 15.0 Å². The number of aliphatic hydroxyl groups is 1. The maximum absolute atomic E-state index is 15.2. The molecule has 13 nitrogen and oxygen atoms in total. The van der Waals surface area contributed by atoms with Gasteiger partial charge >= 0.3 is 6.03 Å². The average Bonchev–Trinajstić information content (AvgIpc) is 3.15. The fraction of sp³-hybridized carbons (Fsp3) is 0.436. The fourth-order valence-corrected chi connectivity index (χ4v) is 7.86. The Kier molecular flexibility index (Phi) is 11.0. The predicted octanol–water partition coefficient (Wildman–Crippen LogP) is 2.27. The van der Waals surface area contributed by atoms with Crippen LogP contribution in [0.5, 0.6) is 0 Å². The lowest BCUT2D eigenvalue weighted by Crippen LogP contribution is -2.77. The van der Waals surface area contributed by atoms with E-state index in [9.17, 15) is 19.5 Å². The molecule has 2 aromatic carbocycles. The Labute approximate surface area is 309 Å². The smallest absolute Gasteiger partial charge is 0.334 e. The molecule has 5 heterocycles. The van der Waals surface area contributed by atoms with Gasteiger partial charge in [-0.15, -0.1) is 6.58 Å². The maximum Gasteiger partial charge on any atom is 0.334 e. The van der Waals surface area contributed by atoms with Crippen LogP contribution in [0.2, 0.25) is 0 Å². The SMILES string of the molecule is C=CCN1CC(=O)N2[C@@H](C(O)c3ccccc3F)C(=O)N(Cc3cccc(N4CC(N5CCN(CC)CC5)C4)n3)C[C@@H]2N1C(=O)NCc1ccccc1. The number of piperazine rings is 2. The molecule has 4 fully saturated rings. The maximum atomic E-state index is 15.2. The molecule has 7 rings (SSSR count). The quantitative estimate of drug-likeness (QED) is 0.287. The van der Waals surface area contributed by atoms with Crippen molar-refractivity contribution >= 4 is 23.7 Å². The van der Waals surface area contributed by atoms with Crippen molar-refractivity contribution in [1.82, 2.24) is 39.9 Å². The summed E-state index contributed by atoms with van der Waals surface area (Å²) in [6.07, 6.45) is -1.11. The molecular weight excluding hydrogens is 677 g/mol. The van der Waals surface area contributed by atoms with Crippen LogP contribution in [0.15, 0.2) is 85.5 Å². The summed E-state index contributed by atoms with van der Waals surface area (Å²) in [5.41, 5.74) is 1.39. The van der Waals surface area contributed by atoms with Crippen LogP contribution in [-0.2, 0) is 22.7 Å².